The van der Waals surface area contributed by atoms with Crippen LogP contribution in [-0.2, 0) is 9.59 Å². The number of imide groups is 1. The number of likely N-dealkylation sites (tertiary alicyclic amines) is 1. The van der Waals surface area contributed by atoms with Crippen LogP contribution in [0.25, 0.3) is 0 Å². The van der Waals surface area contributed by atoms with Crippen LogP contribution in [0.4, 0.5) is 0 Å². The number of carbonyl (C=O) groups excluding carboxylic acids is 2. The van der Waals surface area contributed by atoms with Gasteiger partial charge in [-0.15, -0.1) is 0 Å². The molecule has 4 nitrogen and oxygen atoms in total. The van der Waals surface area contributed by atoms with Crippen LogP contribution in [0, 0.1) is 0 Å². The molecule has 0 saturated carbocycles. The largest absolute Gasteiger partial charge is 0.390 e. The summed E-state index contributed by atoms with van der Waals surface area (Å²) in [4.78, 5) is 23.5. The van der Waals surface area contributed by atoms with E-state index >= 15 is 0 Å². The molecule has 1 saturated heterocycles. The van der Waals surface area contributed by atoms with Crippen LogP contribution in [-0.4, -0.2) is 34.0 Å². The van der Waals surface area contributed by atoms with Crippen molar-refractivity contribution in [3.63, 3.8) is 0 Å². The van der Waals surface area contributed by atoms with E-state index in [9.17, 15) is 14.7 Å². The maximum absolute atomic E-state index is 11.1. The summed E-state index contributed by atoms with van der Waals surface area (Å²) in [6, 6.07) is 0. The Morgan fingerprint density at radius 1 is 1.31 bits per heavy atom. The zero-order chi connectivity index (χ0) is 10.1. The second-order valence-corrected chi connectivity index (χ2v) is 4.00. The standard InChI is InChI=1S/C9H15NO3/c1-9(2,13)5-6-10-7(11)3-4-8(10)12/h13H,3-6H2,1-2H3. The summed E-state index contributed by atoms with van der Waals surface area (Å²) in [6.45, 7) is 3.66. The van der Waals surface area contributed by atoms with Crippen molar-refractivity contribution in [3.05, 3.63) is 0 Å². The molecule has 1 N–H and O–H groups in total. The van der Waals surface area contributed by atoms with E-state index in [1.54, 1.807) is 13.8 Å². The number of hydrogen-bond acceptors (Lipinski definition) is 3. The predicted molar refractivity (Wildman–Crippen MR) is 46.9 cm³/mol. The molecule has 2 amide bonds. The Bertz CT molecular complexity index is 214. The number of rotatable bonds is 3. The summed E-state index contributed by atoms with van der Waals surface area (Å²) in [5, 5.41) is 9.40. The molecule has 0 aromatic carbocycles. The van der Waals surface area contributed by atoms with Gasteiger partial charge in [-0.2, -0.15) is 0 Å². The molecule has 4 heteroatoms. The normalized spacial score (nSPS) is 18.5. The van der Waals surface area contributed by atoms with Gasteiger partial charge in [-0.3, -0.25) is 14.5 Å². The van der Waals surface area contributed by atoms with Gasteiger partial charge in [0, 0.05) is 19.4 Å². The molecule has 0 aromatic heterocycles. The Morgan fingerprint density at radius 3 is 2.15 bits per heavy atom. The number of carbonyl (C=O) groups is 2. The Kier molecular flexibility index (Phi) is 2.71. The van der Waals surface area contributed by atoms with Gasteiger partial charge in [-0.25, -0.2) is 0 Å². The SMILES string of the molecule is CC(C)(O)CCN1C(=O)CCC1=O. The highest BCUT2D eigenvalue weighted by atomic mass is 16.3. The zero-order valence-corrected chi connectivity index (χ0v) is 8.04. The van der Waals surface area contributed by atoms with Gasteiger partial charge < -0.3 is 5.11 Å². The lowest BCUT2D eigenvalue weighted by Crippen LogP contribution is -2.34. The third-order valence-corrected chi connectivity index (χ3v) is 2.10. The number of aliphatic hydroxyl groups is 1. The van der Waals surface area contributed by atoms with Crippen LogP contribution in [0.1, 0.15) is 33.1 Å². The van der Waals surface area contributed by atoms with Crippen molar-refractivity contribution in [1.82, 2.24) is 4.90 Å². The van der Waals surface area contributed by atoms with Crippen LogP contribution in [0.3, 0.4) is 0 Å². The quantitative estimate of drug-likeness (QED) is 0.643. The minimum Gasteiger partial charge on any atom is -0.390 e. The number of amides is 2. The van der Waals surface area contributed by atoms with Crippen LogP contribution >= 0.6 is 0 Å². The minimum absolute atomic E-state index is 0.116. The van der Waals surface area contributed by atoms with E-state index in [4.69, 9.17) is 0 Å². The Labute approximate surface area is 77.5 Å². The summed E-state index contributed by atoms with van der Waals surface area (Å²) in [7, 11) is 0. The fraction of sp³-hybridized carbons (Fsp3) is 0.778. The molecule has 0 aliphatic carbocycles. The molecule has 0 unspecified atom stereocenters. The summed E-state index contributed by atoms with van der Waals surface area (Å²) in [6.07, 6.45) is 1.08. The van der Waals surface area contributed by atoms with Gasteiger partial charge in [0.25, 0.3) is 0 Å². The van der Waals surface area contributed by atoms with Gasteiger partial charge in [0.05, 0.1) is 5.60 Å². The molecule has 0 bridgehead atoms. The first-order valence-electron chi connectivity index (χ1n) is 4.46. The second kappa shape index (κ2) is 3.46. The Morgan fingerprint density at radius 2 is 1.77 bits per heavy atom. The average molecular weight is 185 g/mol. The van der Waals surface area contributed by atoms with E-state index in [0.717, 1.165) is 0 Å². The third-order valence-electron chi connectivity index (χ3n) is 2.10. The lowest BCUT2D eigenvalue weighted by Gasteiger charge is -2.20. The summed E-state index contributed by atoms with van der Waals surface area (Å²) in [5.74, 6) is -0.233. The van der Waals surface area contributed by atoms with Crippen LogP contribution < -0.4 is 0 Å². The van der Waals surface area contributed by atoms with Crippen molar-refractivity contribution in [3.8, 4) is 0 Å². The molecular weight excluding hydrogens is 170 g/mol. The highest BCUT2D eigenvalue weighted by Gasteiger charge is 2.29. The molecule has 13 heavy (non-hydrogen) atoms. The molecule has 0 radical (unpaired) electrons. The molecule has 1 fully saturated rings. The van der Waals surface area contributed by atoms with Crippen molar-refractivity contribution in [2.75, 3.05) is 6.54 Å². The Hall–Kier alpha value is -0.900. The van der Waals surface area contributed by atoms with Crippen molar-refractivity contribution < 1.29 is 14.7 Å². The van der Waals surface area contributed by atoms with Crippen molar-refractivity contribution in [2.24, 2.45) is 0 Å². The summed E-state index contributed by atoms with van der Waals surface area (Å²) >= 11 is 0. The molecule has 0 atom stereocenters. The lowest BCUT2D eigenvalue weighted by atomic mass is 10.1. The van der Waals surface area contributed by atoms with E-state index in [1.807, 2.05) is 0 Å². The van der Waals surface area contributed by atoms with E-state index < -0.39 is 5.60 Å². The topological polar surface area (TPSA) is 57.6 Å². The molecular formula is C9H15NO3. The van der Waals surface area contributed by atoms with Gasteiger partial charge in [0.15, 0.2) is 0 Å². The van der Waals surface area contributed by atoms with E-state index in [2.05, 4.69) is 0 Å². The first-order chi connectivity index (χ1) is 5.90. The summed E-state index contributed by atoms with van der Waals surface area (Å²) < 4.78 is 0. The molecule has 1 aliphatic heterocycles. The zero-order valence-electron chi connectivity index (χ0n) is 8.04. The van der Waals surface area contributed by atoms with Crippen molar-refractivity contribution in [2.45, 2.75) is 38.7 Å². The van der Waals surface area contributed by atoms with Gasteiger partial charge in [0.1, 0.15) is 0 Å². The fourth-order valence-electron chi connectivity index (χ4n) is 1.26. The predicted octanol–water partition coefficient (Wildman–Crippen LogP) is 0.296. The first kappa shape index (κ1) is 10.2. The molecule has 1 heterocycles. The molecule has 74 valence electrons. The van der Waals surface area contributed by atoms with E-state index in [0.29, 0.717) is 25.8 Å². The van der Waals surface area contributed by atoms with Gasteiger partial charge in [-0.1, -0.05) is 0 Å². The maximum Gasteiger partial charge on any atom is 0.229 e. The minimum atomic E-state index is -0.816. The molecule has 1 rings (SSSR count). The second-order valence-electron chi connectivity index (χ2n) is 4.00. The highest BCUT2D eigenvalue weighted by molar-refractivity contribution is 6.01. The molecule has 0 spiro atoms. The van der Waals surface area contributed by atoms with Gasteiger partial charge >= 0.3 is 0 Å². The van der Waals surface area contributed by atoms with Crippen molar-refractivity contribution in [1.29, 1.82) is 0 Å². The van der Waals surface area contributed by atoms with Crippen LogP contribution in [0.15, 0.2) is 0 Å². The Balaban J connectivity index is 2.45. The monoisotopic (exact) mass is 185 g/mol. The summed E-state index contributed by atoms with van der Waals surface area (Å²) in [5.41, 5.74) is -0.816. The smallest absolute Gasteiger partial charge is 0.229 e. The maximum atomic E-state index is 11.1. The van der Waals surface area contributed by atoms with Crippen molar-refractivity contribution >= 4 is 11.8 Å². The third kappa shape index (κ3) is 2.81. The van der Waals surface area contributed by atoms with E-state index in [1.165, 1.54) is 4.90 Å². The van der Waals surface area contributed by atoms with Gasteiger partial charge in [-0.05, 0) is 20.3 Å². The lowest BCUT2D eigenvalue weighted by molar-refractivity contribution is -0.138. The van der Waals surface area contributed by atoms with Gasteiger partial charge in [0.2, 0.25) is 11.8 Å². The average Bonchev–Trinajstić information content (AvgIpc) is 2.27. The van der Waals surface area contributed by atoms with Crippen LogP contribution in [0.2, 0.25) is 0 Å². The number of hydrogen-bond donors (Lipinski definition) is 1. The van der Waals surface area contributed by atoms with E-state index in [-0.39, 0.29) is 11.8 Å². The molecule has 1 aliphatic rings. The number of nitrogens with zero attached hydrogens (tertiary/aromatic N) is 1. The highest BCUT2D eigenvalue weighted by Crippen LogP contribution is 2.15. The fourth-order valence-corrected chi connectivity index (χ4v) is 1.26. The van der Waals surface area contributed by atoms with Crippen LogP contribution in [0.5, 0.6) is 0 Å². The molecule has 0 aromatic rings. The first-order valence-corrected chi connectivity index (χ1v) is 4.46.